The van der Waals surface area contributed by atoms with Crippen molar-refractivity contribution >= 4 is 55.0 Å². The summed E-state index contributed by atoms with van der Waals surface area (Å²) in [7, 11) is 0. The molecule has 64 heavy (non-hydrogen) atoms. The minimum atomic E-state index is -0.670. The van der Waals surface area contributed by atoms with E-state index < -0.39 is 5.41 Å². The van der Waals surface area contributed by atoms with Gasteiger partial charge in [0.15, 0.2) is 5.75 Å². The molecule has 1 spiro atoms. The molecule has 0 fully saturated rings. The van der Waals surface area contributed by atoms with Crippen molar-refractivity contribution in [3.8, 4) is 22.9 Å². The number of aromatic nitrogens is 2. The SMILES string of the molecule is C1=C(c2ccc(-n3c4ccccc4c4ccc5c(c43)Oc3ccccc3C53c4ccccc4-n4c5ccccc5c5cccc3c54)cc2)NC(c2ccccc2)N=C1c1ccccc1. The number of hydrogen-bond acceptors (Lipinski definition) is 3. The van der Waals surface area contributed by atoms with Gasteiger partial charge in [-0.05, 0) is 70.3 Å². The van der Waals surface area contributed by atoms with Crippen LogP contribution in [0.25, 0.3) is 60.7 Å². The Morgan fingerprint density at radius 3 is 1.88 bits per heavy atom. The number of ether oxygens (including phenoxy) is 1. The van der Waals surface area contributed by atoms with Gasteiger partial charge in [0.2, 0.25) is 0 Å². The summed E-state index contributed by atoms with van der Waals surface area (Å²) in [5, 5.41) is 8.59. The average Bonchev–Trinajstić information content (AvgIpc) is 3.90. The van der Waals surface area contributed by atoms with Crippen LogP contribution < -0.4 is 10.1 Å². The maximum atomic E-state index is 7.33. The summed E-state index contributed by atoms with van der Waals surface area (Å²) in [6, 6.07) is 76.7. The first-order valence-electron chi connectivity index (χ1n) is 22.0. The molecule has 0 aliphatic carbocycles. The van der Waals surface area contributed by atoms with Crippen LogP contribution in [0.1, 0.15) is 45.1 Å². The van der Waals surface area contributed by atoms with Gasteiger partial charge < -0.3 is 19.2 Å². The topological polar surface area (TPSA) is 43.5 Å². The second-order valence-electron chi connectivity index (χ2n) is 17.1. The zero-order valence-corrected chi connectivity index (χ0v) is 34.6. The monoisotopic (exact) mass is 818 g/mol. The van der Waals surface area contributed by atoms with Crippen molar-refractivity contribution in [1.82, 2.24) is 14.5 Å². The average molecular weight is 819 g/mol. The summed E-state index contributed by atoms with van der Waals surface area (Å²) >= 11 is 0. The summed E-state index contributed by atoms with van der Waals surface area (Å²) in [4.78, 5) is 5.18. The van der Waals surface area contributed by atoms with Crippen LogP contribution in [0.4, 0.5) is 0 Å². The van der Waals surface area contributed by atoms with Crippen molar-refractivity contribution in [2.45, 2.75) is 11.6 Å². The number of benzene rings is 9. The minimum absolute atomic E-state index is 0.218. The van der Waals surface area contributed by atoms with Crippen LogP contribution in [0.15, 0.2) is 223 Å². The summed E-state index contributed by atoms with van der Waals surface area (Å²) in [6.45, 7) is 0. The lowest BCUT2D eigenvalue weighted by molar-refractivity contribution is 0.438. The minimum Gasteiger partial charge on any atom is -0.454 e. The van der Waals surface area contributed by atoms with Crippen molar-refractivity contribution in [1.29, 1.82) is 0 Å². The smallest absolute Gasteiger partial charge is 0.156 e. The Morgan fingerprint density at radius 1 is 0.453 bits per heavy atom. The summed E-state index contributed by atoms with van der Waals surface area (Å²) in [5.74, 6) is 1.74. The predicted octanol–water partition coefficient (Wildman–Crippen LogP) is 13.8. The van der Waals surface area contributed by atoms with Crippen molar-refractivity contribution in [2.75, 3.05) is 0 Å². The molecule has 0 saturated heterocycles. The van der Waals surface area contributed by atoms with E-state index in [-0.39, 0.29) is 6.17 Å². The molecule has 5 nitrogen and oxygen atoms in total. The number of nitrogens with zero attached hydrogens (tertiary/aromatic N) is 3. The second-order valence-corrected chi connectivity index (χ2v) is 17.1. The molecular weight excluding hydrogens is 781 g/mol. The maximum Gasteiger partial charge on any atom is 0.156 e. The highest BCUT2D eigenvalue weighted by Crippen LogP contribution is 2.62. The lowest BCUT2D eigenvalue weighted by Crippen LogP contribution is -2.37. The Bertz CT molecular complexity index is 3780. The van der Waals surface area contributed by atoms with Crippen LogP contribution in [-0.4, -0.2) is 14.8 Å². The Labute approximate surface area is 369 Å². The first kappa shape index (κ1) is 35.2. The van der Waals surface area contributed by atoms with E-state index in [1.807, 2.05) is 12.1 Å². The third-order valence-electron chi connectivity index (χ3n) is 13.8. The zero-order chi connectivity index (χ0) is 41.9. The van der Waals surface area contributed by atoms with Crippen LogP contribution in [0.5, 0.6) is 11.5 Å². The van der Waals surface area contributed by atoms with Gasteiger partial charge in [0.1, 0.15) is 11.9 Å². The highest BCUT2D eigenvalue weighted by molar-refractivity contribution is 6.15. The number of para-hydroxylation sites is 5. The standard InChI is InChI=1S/C59H38N4O/c1-3-16-37(17-4-1)49-36-50(61-58(60-49)39-18-5-2-6-19-39)38-30-32-40(33-31-38)62-51-26-11-7-21-42(51)44-34-35-48-57(56(44)62)64-54-29-14-10-24-46(54)59(48)45-23-9-13-28-53(45)63-52-27-12-8-20-41(52)43-22-15-25-47(59)55(43)63/h1-36,58,61H. The highest BCUT2D eigenvalue weighted by atomic mass is 16.5. The summed E-state index contributed by atoms with van der Waals surface area (Å²) in [6.07, 6.45) is 1.96. The summed E-state index contributed by atoms with van der Waals surface area (Å²) in [5.41, 5.74) is 16.2. The van der Waals surface area contributed by atoms with Crippen LogP contribution in [0.2, 0.25) is 0 Å². The molecule has 3 aliphatic rings. The molecule has 0 bridgehead atoms. The molecule has 300 valence electrons. The molecule has 9 aromatic carbocycles. The first-order valence-corrected chi connectivity index (χ1v) is 22.0. The Kier molecular flexibility index (Phi) is 7.32. The normalized spacial score (nSPS) is 17.1. The molecule has 3 aliphatic heterocycles. The highest BCUT2D eigenvalue weighted by Gasteiger charge is 2.51. The number of rotatable bonds is 4. The largest absolute Gasteiger partial charge is 0.454 e. The molecule has 0 saturated carbocycles. The van der Waals surface area contributed by atoms with Gasteiger partial charge in [0.05, 0.1) is 38.9 Å². The molecule has 14 rings (SSSR count). The summed E-state index contributed by atoms with van der Waals surface area (Å²) < 4.78 is 12.2. The zero-order valence-electron chi connectivity index (χ0n) is 34.6. The van der Waals surface area contributed by atoms with Crippen molar-refractivity contribution < 1.29 is 4.74 Å². The fraction of sp³-hybridized carbons (Fsp3) is 0.0339. The van der Waals surface area contributed by atoms with E-state index in [1.165, 1.54) is 44.0 Å². The van der Waals surface area contributed by atoms with Gasteiger partial charge in [-0.1, -0.05) is 176 Å². The van der Waals surface area contributed by atoms with E-state index in [0.29, 0.717) is 0 Å². The van der Waals surface area contributed by atoms with Crippen molar-refractivity contribution in [3.63, 3.8) is 0 Å². The third-order valence-corrected chi connectivity index (χ3v) is 13.8. The third kappa shape index (κ3) is 4.75. The van der Waals surface area contributed by atoms with Gasteiger partial charge in [-0.3, -0.25) is 4.99 Å². The molecule has 2 unspecified atom stereocenters. The van der Waals surface area contributed by atoms with Gasteiger partial charge in [-0.25, -0.2) is 0 Å². The maximum absolute atomic E-state index is 7.33. The molecule has 2 aromatic heterocycles. The number of aliphatic imine (C=N–C) groups is 1. The molecular formula is C59H38N4O. The number of allylic oxidation sites excluding steroid dienone is 1. The van der Waals surface area contributed by atoms with Crippen molar-refractivity contribution in [3.05, 3.63) is 257 Å². The van der Waals surface area contributed by atoms with Crippen LogP contribution in [-0.2, 0) is 5.41 Å². The predicted molar refractivity (Wildman–Crippen MR) is 260 cm³/mol. The quantitative estimate of drug-likeness (QED) is 0.192. The van der Waals surface area contributed by atoms with E-state index in [1.54, 1.807) is 0 Å². The second kappa shape index (κ2) is 13.3. The van der Waals surface area contributed by atoms with Gasteiger partial charge in [-0.2, -0.15) is 0 Å². The van der Waals surface area contributed by atoms with E-state index >= 15 is 0 Å². The van der Waals surface area contributed by atoms with Gasteiger partial charge in [-0.15, -0.1) is 0 Å². The molecule has 11 aromatic rings. The van der Waals surface area contributed by atoms with Crippen LogP contribution >= 0.6 is 0 Å². The fourth-order valence-electron chi connectivity index (χ4n) is 11.1. The van der Waals surface area contributed by atoms with E-state index in [9.17, 15) is 0 Å². The first-order chi connectivity index (χ1) is 31.8. The number of hydrogen-bond donors (Lipinski definition) is 1. The van der Waals surface area contributed by atoms with Gasteiger partial charge >= 0.3 is 0 Å². The van der Waals surface area contributed by atoms with Crippen LogP contribution in [0, 0.1) is 0 Å². The molecule has 5 heterocycles. The molecule has 1 N–H and O–H groups in total. The number of fused-ring (bicyclic) bond motifs is 15. The fourth-order valence-corrected chi connectivity index (χ4v) is 11.1. The van der Waals surface area contributed by atoms with Crippen molar-refractivity contribution in [2.24, 2.45) is 4.99 Å². The number of nitrogens with one attached hydrogen (secondary N) is 1. The molecule has 0 radical (unpaired) electrons. The van der Waals surface area contributed by atoms with E-state index in [4.69, 9.17) is 9.73 Å². The Morgan fingerprint density at radius 2 is 1.08 bits per heavy atom. The van der Waals surface area contributed by atoms with E-state index in [0.717, 1.165) is 72.8 Å². The van der Waals surface area contributed by atoms with Gasteiger partial charge in [0.25, 0.3) is 0 Å². The molecule has 5 heteroatoms. The van der Waals surface area contributed by atoms with Crippen LogP contribution in [0.3, 0.4) is 0 Å². The lowest BCUT2D eigenvalue weighted by Gasteiger charge is -2.45. The van der Waals surface area contributed by atoms with Gasteiger partial charge in [0, 0.05) is 44.1 Å². The molecule has 0 amide bonds. The Hall–Kier alpha value is -8.41. The lowest BCUT2D eigenvalue weighted by atomic mass is 9.61. The molecule has 2 atom stereocenters. The van der Waals surface area contributed by atoms with E-state index in [2.05, 4.69) is 221 Å². The Balaban J connectivity index is 1.00.